The molecule has 280 valence electrons. The molecular weight excluding hydrogens is 678 g/mol. The number of hydrogen-bond acceptors (Lipinski definition) is 7. The molecule has 5 aliphatic rings. The molecule has 0 radical (unpaired) electrons. The van der Waals surface area contributed by atoms with Crippen LogP contribution in [0, 0.1) is 35.5 Å². The standard InChI is InChI=1S/C33H43ClN2O3S.C9H17NO/c1-5-7-23-16-26(34)11-14-28(23)25-19-36-18-24-10-13-29(24)31(38-4)9-6-8-21(2)22(3)33(37)35-40-27-12-15-32(39-20-25)30(36)17-27;1-10-4-2-8(3-5-10)9-6-11-7-9/h6,9,11-12,14-17,21-22,24-25,29,31H,5,7-8,10,13,18-20H2,1-4H3,(H,35,37);8-9H,2-7H2,1H3/b9-6+;. The highest BCUT2D eigenvalue weighted by Crippen LogP contribution is 2.44. The topological polar surface area (TPSA) is 63.3 Å². The first kappa shape index (κ1) is 38.5. The quantitative estimate of drug-likeness (QED) is 0.244. The molecule has 51 heavy (non-hydrogen) atoms. The number of aryl methyl sites for hydroxylation is 1. The van der Waals surface area contributed by atoms with E-state index in [0.717, 1.165) is 78.8 Å². The molecule has 2 bridgehead atoms. The van der Waals surface area contributed by atoms with Crippen LogP contribution < -0.4 is 14.4 Å². The van der Waals surface area contributed by atoms with E-state index in [1.54, 1.807) is 0 Å². The summed E-state index contributed by atoms with van der Waals surface area (Å²) in [5, 5.41) is 0.790. The number of fused-ring (bicyclic) bond motifs is 2. The van der Waals surface area contributed by atoms with E-state index < -0.39 is 0 Å². The lowest BCUT2D eigenvalue weighted by Gasteiger charge is -2.43. The Labute approximate surface area is 316 Å². The van der Waals surface area contributed by atoms with Gasteiger partial charge < -0.3 is 24.0 Å². The number of allylic oxidation sites excluding steroid dienone is 1. The van der Waals surface area contributed by atoms with Gasteiger partial charge in [0.15, 0.2) is 0 Å². The summed E-state index contributed by atoms with van der Waals surface area (Å²) in [6.07, 6.45) is 12.7. The van der Waals surface area contributed by atoms with Gasteiger partial charge in [-0.2, -0.15) is 0 Å². The maximum absolute atomic E-state index is 13.0. The van der Waals surface area contributed by atoms with Crippen molar-refractivity contribution in [2.75, 3.05) is 65.1 Å². The lowest BCUT2D eigenvalue weighted by atomic mass is 9.70. The van der Waals surface area contributed by atoms with Gasteiger partial charge in [0.2, 0.25) is 5.91 Å². The number of likely N-dealkylation sites (tertiary alicyclic amines) is 1. The van der Waals surface area contributed by atoms with Gasteiger partial charge in [-0.15, -0.1) is 0 Å². The van der Waals surface area contributed by atoms with E-state index >= 15 is 0 Å². The van der Waals surface area contributed by atoms with Crippen molar-refractivity contribution in [1.29, 1.82) is 0 Å². The number of anilines is 1. The van der Waals surface area contributed by atoms with E-state index in [4.69, 9.17) is 25.8 Å². The second-order valence-electron chi connectivity index (χ2n) is 15.8. The summed E-state index contributed by atoms with van der Waals surface area (Å²) in [7, 11) is 4.04. The highest BCUT2D eigenvalue weighted by atomic mass is 35.5. The fourth-order valence-electron chi connectivity index (χ4n) is 8.41. The summed E-state index contributed by atoms with van der Waals surface area (Å²) in [6, 6.07) is 12.7. The van der Waals surface area contributed by atoms with Crippen molar-refractivity contribution in [1.82, 2.24) is 9.62 Å². The maximum Gasteiger partial charge on any atom is 0.233 e. The minimum atomic E-state index is -0.0828. The highest BCUT2D eigenvalue weighted by Gasteiger charge is 2.39. The summed E-state index contributed by atoms with van der Waals surface area (Å²) >= 11 is 7.82. The number of piperidine rings is 1. The molecule has 9 heteroatoms. The predicted octanol–water partition coefficient (Wildman–Crippen LogP) is 8.65. The summed E-state index contributed by atoms with van der Waals surface area (Å²) < 4.78 is 20.8. The van der Waals surface area contributed by atoms with Crippen LogP contribution in [0.3, 0.4) is 0 Å². The van der Waals surface area contributed by atoms with Crippen LogP contribution in [0.2, 0.25) is 5.02 Å². The number of nitrogens with zero attached hydrogens (tertiary/aromatic N) is 2. The first-order valence-corrected chi connectivity index (χ1v) is 20.7. The molecule has 1 N–H and O–H groups in total. The maximum atomic E-state index is 13.0. The first-order valence-electron chi connectivity index (χ1n) is 19.5. The third-order valence-corrected chi connectivity index (χ3v) is 13.3. The fraction of sp³-hybridized carbons (Fsp3) is 0.643. The normalized spacial score (nSPS) is 29.9. The zero-order valence-corrected chi connectivity index (χ0v) is 33.0. The van der Waals surface area contributed by atoms with Crippen LogP contribution in [0.15, 0.2) is 53.4 Å². The zero-order valence-electron chi connectivity index (χ0n) is 31.5. The largest absolute Gasteiger partial charge is 0.491 e. The number of rotatable bonds is 5. The molecule has 2 aromatic rings. The second-order valence-corrected chi connectivity index (χ2v) is 17.1. The van der Waals surface area contributed by atoms with E-state index in [1.807, 2.05) is 20.1 Å². The highest BCUT2D eigenvalue weighted by molar-refractivity contribution is 7.98. The molecule has 4 heterocycles. The van der Waals surface area contributed by atoms with Crippen LogP contribution in [0.25, 0.3) is 0 Å². The molecule has 2 saturated heterocycles. The molecule has 0 spiro atoms. The molecule has 7 rings (SSSR count). The summed E-state index contributed by atoms with van der Waals surface area (Å²) in [4.78, 5) is 19.0. The minimum absolute atomic E-state index is 0.0645. The van der Waals surface area contributed by atoms with Crippen LogP contribution in [0.4, 0.5) is 5.69 Å². The summed E-state index contributed by atoms with van der Waals surface area (Å²) in [5.41, 5.74) is 3.76. The van der Waals surface area contributed by atoms with Crippen molar-refractivity contribution >= 4 is 35.1 Å². The van der Waals surface area contributed by atoms with Crippen LogP contribution >= 0.6 is 23.5 Å². The molecule has 4 aliphatic heterocycles. The number of hydrogen-bond donors (Lipinski definition) is 1. The van der Waals surface area contributed by atoms with Crippen molar-refractivity contribution in [3.05, 3.63) is 64.7 Å². The van der Waals surface area contributed by atoms with Gasteiger partial charge in [0.1, 0.15) is 5.75 Å². The van der Waals surface area contributed by atoms with E-state index in [0.29, 0.717) is 18.4 Å². The van der Waals surface area contributed by atoms with Gasteiger partial charge in [0, 0.05) is 47.9 Å². The molecule has 6 unspecified atom stereocenters. The Morgan fingerprint density at radius 3 is 2.47 bits per heavy atom. The lowest BCUT2D eigenvalue weighted by Crippen LogP contribution is -2.44. The Kier molecular flexibility index (Phi) is 13.7. The number of halogens is 1. The Morgan fingerprint density at radius 1 is 0.980 bits per heavy atom. The Hall–Kier alpha value is -2.23. The average molecular weight is 738 g/mol. The van der Waals surface area contributed by atoms with Crippen molar-refractivity contribution in [3.8, 4) is 5.75 Å². The molecular formula is C42H60ClN3O4S. The number of methoxy groups -OCH3 is 1. The Bertz CT molecular complexity index is 1480. The number of nitrogens with one attached hydrogen (secondary N) is 1. The van der Waals surface area contributed by atoms with Gasteiger partial charge in [-0.05, 0) is 136 Å². The third-order valence-electron chi connectivity index (χ3n) is 12.3. The first-order chi connectivity index (χ1) is 24.7. The molecule has 2 aromatic carbocycles. The Balaban J connectivity index is 0.000000344. The van der Waals surface area contributed by atoms with Gasteiger partial charge in [-0.25, -0.2) is 0 Å². The minimum Gasteiger partial charge on any atom is -0.491 e. The number of carbonyl (C=O) groups is 1. The lowest BCUT2D eigenvalue weighted by molar-refractivity contribution is -0.123. The van der Waals surface area contributed by atoms with E-state index in [2.05, 4.69) is 77.9 Å². The van der Waals surface area contributed by atoms with Gasteiger partial charge in [-0.1, -0.05) is 57.0 Å². The molecule has 0 aromatic heterocycles. The number of amides is 1. The van der Waals surface area contributed by atoms with Crippen LogP contribution in [0.1, 0.15) is 76.3 Å². The Morgan fingerprint density at radius 2 is 1.78 bits per heavy atom. The van der Waals surface area contributed by atoms with Crippen molar-refractivity contribution in [2.45, 2.75) is 82.6 Å². The number of ether oxygens (including phenoxy) is 3. The monoisotopic (exact) mass is 737 g/mol. The molecule has 6 atom stereocenters. The van der Waals surface area contributed by atoms with Crippen LogP contribution in [0.5, 0.6) is 5.75 Å². The SMILES string of the molecule is CCCc1cc(Cl)ccc1C1COc2ccc3cc2N(C1)CC1CCC1C(OC)/C=C/CC(C)C(C)C(=O)NS3.CN1CCC(C2COC2)CC1. The van der Waals surface area contributed by atoms with Crippen molar-refractivity contribution in [3.63, 3.8) is 0 Å². The summed E-state index contributed by atoms with van der Waals surface area (Å²) in [5.74, 6) is 4.27. The third kappa shape index (κ3) is 9.66. The zero-order chi connectivity index (χ0) is 35.9. The molecule has 1 saturated carbocycles. The van der Waals surface area contributed by atoms with E-state index in [1.165, 1.54) is 61.8 Å². The molecule has 1 amide bonds. The number of carbonyl (C=O) groups excluding carboxylic acids is 1. The van der Waals surface area contributed by atoms with Gasteiger partial charge in [0.05, 0.1) is 31.6 Å². The van der Waals surface area contributed by atoms with Crippen molar-refractivity contribution in [2.24, 2.45) is 35.5 Å². The van der Waals surface area contributed by atoms with Gasteiger partial charge in [0.25, 0.3) is 0 Å². The molecule has 1 aliphatic carbocycles. The fourth-order valence-corrected chi connectivity index (χ4v) is 9.31. The molecule has 3 fully saturated rings. The molecule has 7 nitrogen and oxygen atoms in total. The van der Waals surface area contributed by atoms with Crippen molar-refractivity contribution < 1.29 is 19.0 Å². The average Bonchev–Trinajstić information content (AvgIpc) is 3.27. The van der Waals surface area contributed by atoms with Gasteiger partial charge >= 0.3 is 0 Å². The van der Waals surface area contributed by atoms with Gasteiger partial charge in [-0.3, -0.25) is 9.52 Å². The predicted molar refractivity (Wildman–Crippen MR) is 210 cm³/mol. The van der Waals surface area contributed by atoms with E-state index in [9.17, 15) is 4.79 Å². The number of benzene rings is 2. The smallest absolute Gasteiger partial charge is 0.233 e. The van der Waals surface area contributed by atoms with E-state index in [-0.39, 0.29) is 29.8 Å². The second kappa shape index (κ2) is 18.2. The van der Waals surface area contributed by atoms with Crippen LogP contribution in [-0.4, -0.2) is 77.1 Å². The summed E-state index contributed by atoms with van der Waals surface area (Å²) in [6.45, 7) is 13.5. The van der Waals surface area contributed by atoms with Crippen LogP contribution in [-0.2, 0) is 20.7 Å².